The Balaban J connectivity index is 1.74. The molecule has 0 amide bonds. The number of carbonyl (C=O) groups is 1. The van der Waals surface area contributed by atoms with Crippen molar-refractivity contribution in [2.45, 2.75) is 31.5 Å². The Morgan fingerprint density at radius 2 is 2.18 bits per heavy atom. The number of hydrogen-bond donors (Lipinski definition) is 0. The maximum absolute atomic E-state index is 12.4. The van der Waals surface area contributed by atoms with Gasteiger partial charge in [0.25, 0.3) is 0 Å². The van der Waals surface area contributed by atoms with Crippen molar-refractivity contribution in [2.24, 2.45) is 17.3 Å². The maximum atomic E-state index is 12.4. The van der Waals surface area contributed by atoms with Crippen LogP contribution in [0.25, 0.3) is 0 Å². The average Bonchev–Trinajstić information content (AvgIpc) is 2.32. The third kappa shape index (κ3) is 1.76. The van der Waals surface area contributed by atoms with E-state index in [9.17, 15) is 4.79 Å². The first-order valence-electron chi connectivity index (χ1n) is 6.20. The fourth-order valence-electron chi connectivity index (χ4n) is 3.17. The van der Waals surface area contributed by atoms with E-state index in [0.717, 1.165) is 23.4 Å². The molecule has 3 aliphatic rings. The van der Waals surface area contributed by atoms with Gasteiger partial charge in [-0.3, -0.25) is 0 Å². The van der Waals surface area contributed by atoms with E-state index >= 15 is 0 Å². The molecule has 3 heteroatoms. The van der Waals surface area contributed by atoms with Gasteiger partial charge in [-0.25, -0.2) is 0 Å². The fraction of sp³-hybridized carbons (Fsp3) is 0.571. The van der Waals surface area contributed by atoms with E-state index in [1.54, 1.807) is 0 Å². The Morgan fingerprint density at radius 1 is 1.35 bits per heavy atom. The number of ketones is 1. The monoisotopic (exact) mass is 295 g/mol. The fourth-order valence-corrected chi connectivity index (χ4v) is 5.64. The van der Waals surface area contributed by atoms with E-state index in [1.165, 1.54) is 0 Å². The molecule has 4 rings (SSSR count). The summed E-state index contributed by atoms with van der Waals surface area (Å²) in [4.78, 5) is 17.0. The molecular weight excluding hydrogens is 277 g/mol. The van der Waals surface area contributed by atoms with Gasteiger partial charge >= 0.3 is 108 Å². The van der Waals surface area contributed by atoms with Crippen LogP contribution in [0.5, 0.6) is 0 Å². The molecule has 0 saturated heterocycles. The Kier molecular flexibility index (Phi) is 2.64. The molecule has 1 aromatic heterocycles. The van der Waals surface area contributed by atoms with Crippen molar-refractivity contribution < 1.29 is 4.79 Å². The molecule has 1 heterocycles. The first kappa shape index (κ1) is 11.4. The molecule has 3 aliphatic carbocycles. The van der Waals surface area contributed by atoms with Gasteiger partial charge in [0, 0.05) is 0 Å². The van der Waals surface area contributed by atoms with Crippen LogP contribution in [0.2, 0.25) is 4.82 Å². The number of hydrogen-bond acceptors (Lipinski definition) is 2. The van der Waals surface area contributed by atoms with Crippen LogP contribution in [0.15, 0.2) is 24.4 Å². The zero-order valence-corrected chi connectivity index (χ0v) is 11.9. The number of nitrogens with zero attached hydrogens (tertiary/aromatic N) is 1. The van der Waals surface area contributed by atoms with E-state index in [2.05, 4.69) is 24.9 Å². The Hall–Kier alpha value is -0.661. The van der Waals surface area contributed by atoms with Crippen LogP contribution < -0.4 is 4.59 Å². The molecule has 0 aromatic carbocycles. The summed E-state index contributed by atoms with van der Waals surface area (Å²) >= 11 is 0.228. The summed E-state index contributed by atoms with van der Waals surface area (Å²) in [7, 11) is 0. The SMILES string of the molecule is CC1(C)C2CC([Se]c3ccccn3)C(=O)C1C2. The quantitative estimate of drug-likeness (QED) is 0.779. The summed E-state index contributed by atoms with van der Waals surface area (Å²) in [5.74, 6) is 1.61. The molecule has 3 fully saturated rings. The molecule has 2 nitrogen and oxygen atoms in total. The Bertz CT molecular complexity index is 443. The van der Waals surface area contributed by atoms with Gasteiger partial charge in [-0.05, 0) is 0 Å². The topological polar surface area (TPSA) is 30.0 Å². The van der Waals surface area contributed by atoms with Crippen LogP contribution in [0, 0.1) is 17.3 Å². The van der Waals surface area contributed by atoms with E-state index in [-0.39, 0.29) is 25.2 Å². The molecule has 17 heavy (non-hydrogen) atoms. The van der Waals surface area contributed by atoms with Gasteiger partial charge < -0.3 is 0 Å². The van der Waals surface area contributed by atoms with E-state index in [0.29, 0.717) is 11.7 Å². The zero-order chi connectivity index (χ0) is 12.0. The zero-order valence-electron chi connectivity index (χ0n) is 10.2. The van der Waals surface area contributed by atoms with E-state index < -0.39 is 0 Å². The summed E-state index contributed by atoms with van der Waals surface area (Å²) in [5, 5.41) is 0. The van der Waals surface area contributed by atoms with Crippen LogP contribution >= 0.6 is 0 Å². The van der Waals surface area contributed by atoms with Crippen LogP contribution in [0.3, 0.4) is 0 Å². The first-order chi connectivity index (χ1) is 8.09. The van der Waals surface area contributed by atoms with Gasteiger partial charge in [0.05, 0.1) is 0 Å². The van der Waals surface area contributed by atoms with Gasteiger partial charge in [-0.15, -0.1) is 0 Å². The first-order valence-corrected chi connectivity index (χ1v) is 8.05. The predicted octanol–water partition coefficient (Wildman–Crippen LogP) is 1.83. The molecule has 3 saturated carbocycles. The molecule has 2 bridgehead atoms. The van der Waals surface area contributed by atoms with Gasteiger partial charge in [0.15, 0.2) is 0 Å². The van der Waals surface area contributed by atoms with Crippen LogP contribution in [-0.4, -0.2) is 25.7 Å². The molecule has 3 atom stereocenters. The summed E-state index contributed by atoms with van der Waals surface area (Å²) in [6.07, 6.45) is 4.06. The number of rotatable bonds is 2. The number of pyridine rings is 1. The average molecular weight is 294 g/mol. The second-order valence-electron chi connectivity index (χ2n) is 5.72. The molecular formula is C14H17NOSe. The summed E-state index contributed by atoms with van der Waals surface area (Å²) < 4.78 is 1.12. The number of carbonyl (C=O) groups excluding carboxylic acids is 1. The molecule has 0 radical (unpaired) electrons. The van der Waals surface area contributed by atoms with Crippen molar-refractivity contribution in [2.75, 3.05) is 0 Å². The predicted molar refractivity (Wildman–Crippen MR) is 68.4 cm³/mol. The van der Waals surface area contributed by atoms with E-state index in [4.69, 9.17) is 0 Å². The van der Waals surface area contributed by atoms with Crippen molar-refractivity contribution >= 4 is 25.3 Å². The molecule has 3 unspecified atom stereocenters. The van der Waals surface area contributed by atoms with Gasteiger partial charge in [-0.1, -0.05) is 0 Å². The van der Waals surface area contributed by atoms with Crippen molar-refractivity contribution in [1.82, 2.24) is 4.98 Å². The number of Topliss-reactive ketones (excluding diaryl/α,β-unsaturated/α-hetero) is 1. The number of fused-ring (bicyclic) bond motifs is 2. The molecule has 1 aromatic rings. The molecule has 90 valence electrons. The number of aromatic nitrogens is 1. The van der Waals surface area contributed by atoms with Crippen LogP contribution in [-0.2, 0) is 4.79 Å². The van der Waals surface area contributed by atoms with Crippen LogP contribution in [0.1, 0.15) is 26.7 Å². The second kappa shape index (κ2) is 3.93. The Morgan fingerprint density at radius 3 is 2.76 bits per heavy atom. The normalized spacial score (nSPS) is 34.2. The van der Waals surface area contributed by atoms with Crippen molar-refractivity contribution in [3.8, 4) is 0 Å². The van der Waals surface area contributed by atoms with Crippen molar-refractivity contribution in [3.63, 3.8) is 0 Å². The minimum atomic E-state index is 0.228. The van der Waals surface area contributed by atoms with Crippen molar-refractivity contribution in [1.29, 1.82) is 0 Å². The summed E-state index contributed by atoms with van der Waals surface area (Å²) in [5.41, 5.74) is 0.272. The second-order valence-corrected chi connectivity index (χ2v) is 8.29. The third-order valence-corrected chi connectivity index (χ3v) is 7.03. The molecule has 0 N–H and O–H groups in total. The third-order valence-electron chi connectivity index (χ3n) is 4.53. The van der Waals surface area contributed by atoms with Gasteiger partial charge in [0.1, 0.15) is 0 Å². The Labute approximate surface area is 108 Å². The van der Waals surface area contributed by atoms with Gasteiger partial charge in [0.2, 0.25) is 0 Å². The van der Waals surface area contributed by atoms with Crippen molar-refractivity contribution in [3.05, 3.63) is 24.4 Å². The molecule has 0 aliphatic heterocycles. The summed E-state index contributed by atoms with van der Waals surface area (Å²) in [6.45, 7) is 4.52. The standard InChI is InChI=1S/C14H17NOSe/c1-14(2)9-7-10(14)13(16)11(8-9)17-12-5-3-4-6-15-12/h3-6,9-11H,7-8H2,1-2H3. The summed E-state index contributed by atoms with van der Waals surface area (Å²) in [6, 6.07) is 6.00. The minimum absolute atomic E-state index is 0.228. The van der Waals surface area contributed by atoms with Crippen LogP contribution in [0.4, 0.5) is 0 Å². The molecule has 0 spiro atoms. The van der Waals surface area contributed by atoms with Gasteiger partial charge in [-0.2, -0.15) is 0 Å². The van der Waals surface area contributed by atoms with E-state index in [1.807, 2.05) is 18.3 Å².